The Hall–Kier alpha value is -0.860. The third kappa shape index (κ3) is 2.80. The highest BCUT2D eigenvalue weighted by molar-refractivity contribution is 4.90. The Kier molecular flexibility index (Phi) is 3.75. The Bertz CT molecular complexity index is 271. The van der Waals surface area contributed by atoms with Crippen LogP contribution < -0.4 is 0 Å². The lowest BCUT2D eigenvalue weighted by atomic mass is 9.94. The minimum absolute atomic E-state index is 0.523. The Labute approximate surface area is 91.3 Å². The van der Waals surface area contributed by atoms with E-state index in [0.717, 1.165) is 11.8 Å². The van der Waals surface area contributed by atoms with Crippen LogP contribution in [0.25, 0.3) is 0 Å². The molecule has 15 heavy (non-hydrogen) atoms. The van der Waals surface area contributed by atoms with Crippen molar-refractivity contribution in [1.82, 2.24) is 10.1 Å². The van der Waals surface area contributed by atoms with Crippen molar-refractivity contribution in [3.05, 3.63) is 12.2 Å². The average molecular weight is 208 g/mol. The van der Waals surface area contributed by atoms with Gasteiger partial charge in [0.25, 0.3) is 0 Å². The van der Waals surface area contributed by atoms with Crippen LogP contribution >= 0.6 is 0 Å². The van der Waals surface area contributed by atoms with Crippen LogP contribution in [0, 0.1) is 5.92 Å². The summed E-state index contributed by atoms with van der Waals surface area (Å²) < 4.78 is 5.16. The fraction of sp³-hybridized carbons (Fsp3) is 0.833. The van der Waals surface area contributed by atoms with Crippen LogP contribution in [0.5, 0.6) is 0 Å². The van der Waals surface area contributed by atoms with Gasteiger partial charge >= 0.3 is 0 Å². The molecule has 1 aliphatic carbocycles. The average Bonchev–Trinajstić information content (AvgIpc) is 2.67. The molecule has 0 spiro atoms. The first-order valence-corrected chi connectivity index (χ1v) is 6.16. The second-order valence-electron chi connectivity index (χ2n) is 4.64. The first kappa shape index (κ1) is 10.7. The number of rotatable bonds is 3. The van der Waals surface area contributed by atoms with E-state index in [1.165, 1.54) is 51.3 Å². The van der Waals surface area contributed by atoms with E-state index in [9.17, 15) is 0 Å². The maximum absolute atomic E-state index is 5.16. The number of hydrogen-bond donors (Lipinski definition) is 0. The predicted octanol–water partition coefficient (Wildman–Crippen LogP) is 3.53. The summed E-state index contributed by atoms with van der Waals surface area (Å²) in [4.78, 5) is 4.17. The first-order chi connectivity index (χ1) is 7.40. The molecule has 0 N–H and O–H groups in total. The van der Waals surface area contributed by atoms with E-state index < -0.39 is 0 Å². The minimum atomic E-state index is 0.523. The summed E-state index contributed by atoms with van der Waals surface area (Å²) in [7, 11) is 0. The Morgan fingerprint density at radius 2 is 2.27 bits per heavy atom. The van der Waals surface area contributed by atoms with Crippen LogP contribution in [0.1, 0.15) is 63.7 Å². The van der Waals surface area contributed by atoms with E-state index in [2.05, 4.69) is 17.1 Å². The molecule has 1 saturated carbocycles. The van der Waals surface area contributed by atoms with Crippen LogP contribution in [0.3, 0.4) is 0 Å². The maximum atomic E-state index is 5.16. The van der Waals surface area contributed by atoms with E-state index in [4.69, 9.17) is 4.52 Å². The van der Waals surface area contributed by atoms with Crippen molar-refractivity contribution in [3.8, 4) is 0 Å². The molecule has 0 aromatic carbocycles. The van der Waals surface area contributed by atoms with Gasteiger partial charge in [0.15, 0.2) is 6.33 Å². The van der Waals surface area contributed by atoms with Crippen molar-refractivity contribution >= 4 is 0 Å². The molecule has 1 fully saturated rings. The van der Waals surface area contributed by atoms with Crippen molar-refractivity contribution in [3.63, 3.8) is 0 Å². The standard InChI is InChI=1S/C12H20N2O/c1-2-4-10-5-3-6-11(8-7-10)12-13-9-14-15-12/h9-11H,2-8H2,1H3. The molecule has 2 atom stereocenters. The van der Waals surface area contributed by atoms with Crippen molar-refractivity contribution in [2.45, 2.75) is 57.8 Å². The van der Waals surface area contributed by atoms with E-state index in [-0.39, 0.29) is 0 Å². The van der Waals surface area contributed by atoms with Crippen LogP contribution in [0.15, 0.2) is 10.9 Å². The molecule has 1 aromatic heterocycles. The van der Waals surface area contributed by atoms with Crippen molar-refractivity contribution in [1.29, 1.82) is 0 Å². The fourth-order valence-corrected chi connectivity index (χ4v) is 2.68. The largest absolute Gasteiger partial charge is 0.339 e. The first-order valence-electron chi connectivity index (χ1n) is 6.16. The third-order valence-corrected chi connectivity index (χ3v) is 3.51. The van der Waals surface area contributed by atoms with Crippen LogP contribution in [-0.2, 0) is 0 Å². The van der Waals surface area contributed by atoms with Crippen molar-refractivity contribution in [2.24, 2.45) is 5.92 Å². The highest BCUT2D eigenvalue weighted by atomic mass is 16.5. The van der Waals surface area contributed by atoms with E-state index in [1.54, 1.807) is 0 Å². The van der Waals surface area contributed by atoms with Gasteiger partial charge in [-0.3, -0.25) is 0 Å². The zero-order chi connectivity index (χ0) is 10.5. The van der Waals surface area contributed by atoms with E-state index >= 15 is 0 Å². The van der Waals surface area contributed by atoms with Gasteiger partial charge in [0, 0.05) is 5.92 Å². The molecule has 1 aliphatic rings. The Morgan fingerprint density at radius 1 is 1.33 bits per heavy atom. The van der Waals surface area contributed by atoms with Gasteiger partial charge in [-0.15, -0.1) is 0 Å². The minimum Gasteiger partial charge on any atom is -0.339 e. The number of aromatic nitrogens is 2. The van der Waals surface area contributed by atoms with Gasteiger partial charge in [-0.25, -0.2) is 0 Å². The molecule has 3 heteroatoms. The highest BCUT2D eigenvalue weighted by Crippen LogP contribution is 2.34. The van der Waals surface area contributed by atoms with Gasteiger partial charge in [0.1, 0.15) is 0 Å². The summed E-state index contributed by atoms with van der Waals surface area (Å²) in [6.07, 6.45) is 10.7. The molecule has 84 valence electrons. The zero-order valence-electron chi connectivity index (χ0n) is 9.48. The summed E-state index contributed by atoms with van der Waals surface area (Å²) >= 11 is 0. The molecule has 0 amide bonds. The van der Waals surface area contributed by atoms with Gasteiger partial charge in [0.2, 0.25) is 5.89 Å². The van der Waals surface area contributed by atoms with E-state index in [0.29, 0.717) is 5.92 Å². The lowest BCUT2D eigenvalue weighted by molar-refractivity contribution is 0.337. The molecular formula is C12H20N2O. The van der Waals surface area contributed by atoms with Crippen molar-refractivity contribution < 1.29 is 4.52 Å². The number of nitrogens with zero attached hydrogens (tertiary/aromatic N) is 2. The smallest absolute Gasteiger partial charge is 0.229 e. The lowest BCUT2D eigenvalue weighted by Crippen LogP contribution is -1.99. The maximum Gasteiger partial charge on any atom is 0.229 e. The molecule has 2 rings (SSSR count). The summed E-state index contributed by atoms with van der Waals surface area (Å²) in [5.74, 6) is 2.31. The topological polar surface area (TPSA) is 38.9 Å². The fourth-order valence-electron chi connectivity index (χ4n) is 2.68. The van der Waals surface area contributed by atoms with Crippen LogP contribution in [-0.4, -0.2) is 10.1 Å². The molecule has 0 bridgehead atoms. The second-order valence-corrected chi connectivity index (χ2v) is 4.64. The molecule has 2 unspecified atom stereocenters. The summed E-state index contributed by atoms with van der Waals surface area (Å²) in [5, 5.41) is 3.70. The molecule has 0 aliphatic heterocycles. The molecule has 1 heterocycles. The summed E-state index contributed by atoms with van der Waals surface area (Å²) in [5.41, 5.74) is 0. The van der Waals surface area contributed by atoms with Gasteiger partial charge in [-0.2, -0.15) is 4.98 Å². The van der Waals surface area contributed by atoms with Gasteiger partial charge < -0.3 is 4.52 Å². The predicted molar refractivity (Wildman–Crippen MR) is 58.5 cm³/mol. The van der Waals surface area contributed by atoms with Crippen LogP contribution in [0.4, 0.5) is 0 Å². The molecule has 3 nitrogen and oxygen atoms in total. The molecule has 0 radical (unpaired) electrons. The highest BCUT2D eigenvalue weighted by Gasteiger charge is 2.22. The monoisotopic (exact) mass is 208 g/mol. The Morgan fingerprint density at radius 3 is 3.00 bits per heavy atom. The van der Waals surface area contributed by atoms with E-state index in [1.807, 2.05) is 0 Å². The molecular weight excluding hydrogens is 188 g/mol. The second kappa shape index (κ2) is 5.29. The third-order valence-electron chi connectivity index (χ3n) is 3.51. The Balaban J connectivity index is 1.90. The number of hydrogen-bond acceptors (Lipinski definition) is 3. The normalized spacial score (nSPS) is 27.5. The molecule has 1 aromatic rings. The molecule has 0 saturated heterocycles. The van der Waals surface area contributed by atoms with Gasteiger partial charge in [0.05, 0.1) is 0 Å². The van der Waals surface area contributed by atoms with Gasteiger partial charge in [-0.05, 0) is 25.2 Å². The van der Waals surface area contributed by atoms with Crippen LogP contribution in [0.2, 0.25) is 0 Å². The summed E-state index contributed by atoms with van der Waals surface area (Å²) in [6, 6.07) is 0. The summed E-state index contributed by atoms with van der Waals surface area (Å²) in [6.45, 7) is 2.28. The SMILES string of the molecule is CCCC1CCCC(c2ncno2)CC1. The lowest BCUT2D eigenvalue weighted by Gasteiger charge is -2.12. The van der Waals surface area contributed by atoms with Crippen molar-refractivity contribution in [2.75, 3.05) is 0 Å². The van der Waals surface area contributed by atoms with Gasteiger partial charge in [-0.1, -0.05) is 37.8 Å². The quantitative estimate of drug-likeness (QED) is 0.713. The zero-order valence-corrected chi connectivity index (χ0v) is 9.48.